The first kappa shape index (κ1) is 14.9. The molecular formula is C20H21N3O. The van der Waals surface area contributed by atoms with E-state index in [1.54, 1.807) is 0 Å². The maximum Gasteiger partial charge on any atom is 0.243 e. The molecule has 122 valence electrons. The van der Waals surface area contributed by atoms with Crippen molar-refractivity contribution in [3.63, 3.8) is 0 Å². The highest BCUT2D eigenvalue weighted by Gasteiger charge is 2.27. The van der Waals surface area contributed by atoms with Gasteiger partial charge >= 0.3 is 0 Å². The zero-order valence-corrected chi connectivity index (χ0v) is 14.1. The lowest BCUT2D eigenvalue weighted by molar-refractivity contribution is -0.134. The number of para-hydroxylation sites is 2. The summed E-state index contributed by atoms with van der Waals surface area (Å²) < 4.78 is 2.02. The van der Waals surface area contributed by atoms with Gasteiger partial charge in [0.1, 0.15) is 12.4 Å². The Labute approximate surface area is 141 Å². The Morgan fingerprint density at radius 2 is 1.83 bits per heavy atom. The second-order valence-electron chi connectivity index (χ2n) is 6.58. The van der Waals surface area contributed by atoms with Crippen molar-refractivity contribution in [2.45, 2.75) is 39.4 Å². The number of rotatable bonds is 2. The summed E-state index contributed by atoms with van der Waals surface area (Å²) in [6, 6.07) is 16.6. The highest BCUT2D eigenvalue weighted by atomic mass is 16.2. The summed E-state index contributed by atoms with van der Waals surface area (Å²) in [5, 5.41) is 0. The van der Waals surface area contributed by atoms with Gasteiger partial charge in [-0.25, -0.2) is 4.98 Å². The van der Waals surface area contributed by atoms with Crippen molar-refractivity contribution in [1.82, 2.24) is 14.5 Å². The van der Waals surface area contributed by atoms with E-state index in [1.165, 1.54) is 11.1 Å². The van der Waals surface area contributed by atoms with Crippen LogP contribution in [-0.2, 0) is 24.3 Å². The molecule has 1 aromatic heterocycles. The zero-order valence-electron chi connectivity index (χ0n) is 14.1. The van der Waals surface area contributed by atoms with Crippen LogP contribution in [0.4, 0.5) is 0 Å². The van der Waals surface area contributed by atoms with E-state index < -0.39 is 0 Å². The molecule has 1 atom stereocenters. The SMILES string of the molecule is Cc1nc2ccccc2n1CC(=O)N1Cc2ccccc2CC1C. The maximum absolute atomic E-state index is 13.0. The molecule has 4 heteroatoms. The van der Waals surface area contributed by atoms with Crippen LogP contribution in [0.5, 0.6) is 0 Å². The van der Waals surface area contributed by atoms with Crippen LogP contribution in [-0.4, -0.2) is 26.4 Å². The molecule has 4 nitrogen and oxygen atoms in total. The van der Waals surface area contributed by atoms with Gasteiger partial charge in [-0.2, -0.15) is 0 Å². The standard InChI is InChI=1S/C20H21N3O/c1-14-11-16-7-3-4-8-17(16)12-22(14)20(24)13-23-15(2)21-18-9-5-6-10-19(18)23/h3-10,14H,11-13H2,1-2H3. The smallest absolute Gasteiger partial charge is 0.243 e. The predicted octanol–water partition coefficient (Wildman–Crippen LogP) is 3.32. The van der Waals surface area contributed by atoms with E-state index in [9.17, 15) is 4.79 Å². The van der Waals surface area contributed by atoms with Crippen molar-refractivity contribution in [2.24, 2.45) is 0 Å². The summed E-state index contributed by atoms with van der Waals surface area (Å²) in [5.41, 5.74) is 4.59. The number of carbonyl (C=O) groups is 1. The van der Waals surface area contributed by atoms with E-state index in [1.807, 2.05) is 46.7 Å². The summed E-state index contributed by atoms with van der Waals surface area (Å²) in [5.74, 6) is 1.04. The lowest BCUT2D eigenvalue weighted by Crippen LogP contribution is -2.44. The fourth-order valence-corrected chi connectivity index (χ4v) is 3.63. The second kappa shape index (κ2) is 5.78. The fourth-order valence-electron chi connectivity index (χ4n) is 3.63. The van der Waals surface area contributed by atoms with Crippen LogP contribution in [0.15, 0.2) is 48.5 Å². The number of aromatic nitrogens is 2. The fraction of sp³-hybridized carbons (Fsp3) is 0.300. The number of aryl methyl sites for hydroxylation is 1. The van der Waals surface area contributed by atoms with E-state index in [0.29, 0.717) is 13.1 Å². The van der Waals surface area contributed by atoms with Crippen molar-refractivity contribution in [3.8, 4) is 0 Å². The maximum atomic E-state index is 13.0. The predicted molar refractivity (Wildman–Crippen MR) is 94.6 cm³/mol. The third-order valence-electron chi connectivity index (χ3n) is 4.97. The molecule has 0 saturated carbocycles. The van der Waals surface area contributed by atoms with Gasteiger partial charge in [-0.05, 0) is 43.5 Å². The number of imidazole rings is 1. The number of amides is 1. The minimum absolute atomic E-state index is 0.156. The number of carbonyl (C=O) groups excluding carboxylic acids is 1. The molecule has 1 amide bonds. The Morgan fingerprint density at radius 3 is 2.67 bits per heavy atom. The van der Waals surface area contributed by atoms with Gasteiger partial charge in [0.25, 0.3) is 0 Å². The van der Waals surface area contributed by atoms with Crippen LogP contribution in [0.2, 0.25) is 0 Å². The van der Waals surface area contributed by atoms with Crippen LogP contribution < -0.4 is 0 Å². The molecule has 0 radical (unpaired) electrons. The molecule has 0 aliphatic carbocycles. The van der Waals surface area contributed by atoms with Crippen LogP contribution >= 0.6 is 0 Å². The van der Waals surface area contributed by atoms with Crippen molar-refractivity contribution in [1.29, 1.82) is 0 Å². The first-order valence-corrected chi connectivity index (χ1v) is 8.41. The zero-order chi connectivity index (χ0) is 16.7. The van der Waals surface area contributed by atoms with Crippen LogP contribution in [0.1, 0.15) is 23.9 Å². The molecule has 1 unspecified atom stereocenters. The topological polar surface area (TPSA) is 38.1 Å². The Bertz CT molecular complexity index is 912. The Hall–Kier alpha value is -2.62. The summed E-state index contributed by atoms with van der Waals surface area (Å²) >= 11 is 0. The molecule has 0 fully saturated rings. The van der Waals surface area contributed by atoms with Crippen LogP contribution in [0, 0.1) is 6.92 Å². The van der Waals surface area contributed by atoms with Gasteiger partial charge in [-0.3, -0.25) is 4.79 Å². The third kappa shape index (κ3) is 2.48. The van der Waals surface area contributed by atoms with Crippen LogP contribution in [0.25, 0.3) is 11.0 Å². The quantitative estimate of drug-likeness (QED) is 0.727. The van der Waals surface area contributed by atoms with Crippen molar-refractivity contribution in [2.75, 3.05) is 0 Å². The molecular weight excluding hydrogens is 298 g/mol. The van der Waals surface area contributed by atoms with Gasteiger partial charge < -0.3 is 9.47 Å². The second-order valence-corrected chi connectivity index (χ2v) is 6.58. The van der Waals surface area contributed by atoms with Gasteiger partial charge in [0, 0.05) is 12.6 Å². The Kier molecular flexibility index (Phi) is 3.60. The lowest BCUT2D eigenvalue weighted by Gasteiger charge is -2.35. The molecule has 2 heterocycles. The van der Waals surface area contributed by atoms with E-state index >= 15 is 0 Å². The molecule has 0 bridgehead atoms. The monoisotopic (exact) mass is 319 g/mol. The van der Waals surface area contributed by atoms with Crippen LogP contribution in [0.3, 0.4) is 0 Å². The minimum Gasteiger partial charge on any atom is -0.334 e. The van der Waals surface area contributed by atoms with E-state index in [2.05, 4.69) is 30.1 Å². The van der Waals surface area contributed by atoms with Crippen molar-refractivity contribution >= 4 is 16.9 Å². The molecule has 4 rings (SSSR count). The highest BCUT2D eigenvalue weighted by Crippen LogP contribution is 2.24. The number of fused-ring (bicyclic) bond motifs is 2. The molecule has 2 aromatic carbocycles. The number of hydrogen-bond acceptors (Lipinski definition) is 2. The Balaban J connectivity index is 1.61. The van der Waals surface area contributed by atoms with Gasteiger partial charge in [0.15, 0.2) is 0 Å². The minimum atomic E-state index is 0.156. The average Bonchev–Trinajstić information content (AvgIpc) is 2.90. The largest absolute Gasteiger partial charge is 0.334 e. The molecule has 0 saturated heterocycles. The van der Waals surface area contributed by atoms with E-state index in [0.717, 1.165) is 23.3 Å². The van der Waals surface area contributed by atoms with E-state index in [4.69, 9.17) is 0 Å². The summed E-state index contributed by atoms with van der Waals surface area (Å²) in [6.07, 6.45) is 0.922. The third-order valence-corrected chi connectivity index (χ3v) is 4.97. The first-order chi connectivity index (χ1) is 11.6. The number of hydrogen-bond donors (Lipinski definition) is 0. The summed E-state index contributed by atoms with van der Waals surface area (Å²) in [7, 11) is 0. The first-order valence-electron chi connectivity index (χ1n) is 8.41. The summed E-state index contributed by atoms with van der Waals surface area (Å²) in [4.78, 5) is 19.5. The Morgan fingerprint density at radius 1 is 1.12 bits per heavy atom. The molecule has 1 aliphatic heterocycles. The number of nitrogens with zero attached hydrogens (tertiary/aromatic N) is 3. The van der Waals surface area contributed by atoms with Gasteiger partial charge in [0.2, 0.25) is 5.91 Å². The highest BCUT2D eigenvalue weighted by molar-refractivity contribution is 5.81. The summed E-state index contributed by atoms with van der Waals surface area (Å²) in [6.45, 7) is 5.13. The lowest BCUT2D eigenvalue weighted by atomic mass is 9.95. The molecule has 1 aliphatic rings. The van der Waals surface area contributed by atoms with E-state index in [-0.39, 0.29) is 11.9 Å². The van der Waals surface area contributed by atoms with Crippen molar-refractivity contribution < 1.29 is 4.79 Å². The molecule has 3 aromatic rings. The van der Waals surface area contributed by atoms with Gasteiger partial charge in [0.05, 0.1) is 11.0 Å². The molecule has 24 heavy (non-hydrogen) atoms. The van der Waals surface area contributed by atoms with Gasteiger partial charge in [-0.15, -0.1) is 0 Å². The normalized spacial score (nSPS) is 17.1. The van der Waals surface area contributed by atoms with Crippen molar-refractivity contribution in [3.05, 3.63) is 65.5 Å². The molecule has 0 spiro atoms. The average molecular weight is 319 g/mol. The van der Waals surface area contributed by atoms with Gasteiger partial charge in [-0.1, -0.05) is 36.4 Å². The molecule has 0 N–H and O–H groups in total. The number of benzene rings is 2.